The molecule has 1 atom stereocenters. The van der Waals surface area contributed by atoms with E-state index < -0.39 is 6.04 Å². The number of benzene rings is 1. The summed E-state index contributed by atoms with van der Waals surface area (Å²) >= 11 is 0. The Labute approximate surface area is 94.0 Å². The lowest BCUT2D eigenvalue weighted by atomic mass is 10.1. The molecule has 0 saturated carbocycles. The third-order valence-electron chi connectivity index (χ3n) is 2.73. The molecule has 0 spiro atoms. The van der Waals surface area contributed by atoms with Gasteiger partial charge in [-0.05, 0) is 6.07 Å². The minimum atomic E-state index is -0.509. The molecule has 1 aromatic rings. The van der Waals surface area contributed by atoms with Gasteiger partial charge in [-0.15, -0.1) is 0 Å². The summed E-state index contributed by atoms with van der Waals surface area (Å²) in [6.45, 7) is 2.55. The van der Waals surface area contributed by atoms with Gasteiger partial charge in [0.25, 0.3) is 0 Å². The van der Waals surface area contributed by atoms with Crippen LogP contribution in [0.3, 0.4) is 0 Å². The zero-order valence-corrected chi connectivity index (χ0v) is 8.90. The highest BCUT2D eigenvalue weighted by Crippen LogP contribution is 2.23. The van der Waals surface area contributed by atoms with E-state index in [1.165, 1.54) is 6.07 Å². The second-order valence-electron chi connectivity index (χ2n) is 3.70. The first kappa shape index (κ1) is 11.1. The van der Waals surface area contributed by atoms with Crippen molar-refractivity contribution in [2.24, 2.45) is 0 Å². The number of morpholine rings is 1. The van der Waals surface area contributed by atoms with Crippen molar-refractivity contribution in [3.63, 3.8) is 0 Å². The zero-order chi connectivity index (χ0) is 11.4. The summed E-state index contributed by atoms with van der Waals surface area (Å²) in [6.07, 6.45) is 0. The molecule has 3 nitrogen and oxygen atoms in total. The van der Waals surface area contributed by atoms with E-state index in [2.05, 4.69) is 6.07 Å². The molecule has 0 N–H and O–H groups in total. The molecular weight excluding hydrogens is 207 g/mol. The summed E-state index contributed by atoms with van der Waals surface area (Å²) in [5.41, 5.74) is 0.451. The fourth-order valence-electron chi connectivity index (χ4n) is 1.88. The molecule has 1 aromatic carbocycles. The van der Waals surface area contributed by atoms with E-state index in [1.54, 1.807) is 18.2 Å². The third kappa shape index (κ3) is 2.21. The van der Waals surface area contributed by atoms with Gasteiger partial charge in [0.05, 0.1) is 19.3 Å². The minimum absolute atomic E-state index is 0.319. The molecule has 4 heteroatoms. The highest BCUT2D eigenvalue weighted by molar-refractivity contribution is 5.26. The molecule has 0 aliphatic carbocycles. The molecule has 1 fully saturated rings. The molecule has 0 bridgehead atoms. The lowest BCUT2D eigenvalue weighted by Gasteiger charge is -2.30. The number of hydrogen-bond acceptors (Lipinski definition) is 3. The van der Waals surface area contributed by atoms with E-state index in [-0.39, 0.29) is 5.82 Å². The van der Waals surface area contributed by atoms with Crippen LogP contribution in [0.2, 0.25) is 0 Å². The van der Waals surface area contributed by atoms with Crippen LogP contribution in [0.5, 0.6) is 0 Å². The van der Waals surface area contributed by atoms with Crippen molar-refractivity contribution in [1.82, 2.24) is 4.90 Å². The van der Waals surface area contributed by atoms with Crippen LogP contribution < -0.4 is 0 Å². The Morgan fingerprint density at radius 1 is 1.31 bits per heavy atom. The standard InChI is InChI=1S/C12H13FN2O/c13-11-4-2-1-3-10(11)12(9-14)15-5-7-16-8-6-15/h1-4,12H,5-8H2. The average molecular weight is 220 g/mol. The van der Waals surface area contributed by atoms with Crippen LogP contribution in [0.4, 0.5) is 4.39 Å². The predicted octanol–water partition coefficient (Wildman–Crippen LogP) is 1.72. The highest BCUT2D eigenvalue weighted by atomic mass is 19.1. The van der Waals surface area contributed by atoms with Gasteiger partial charge in [-0.25, -0.2) is 4.39 Å². The lowest BCUT2D eigenvalue weighted by molar-refractivity contribution is 0.0261. The Morgan fingerprint density at radius 3 is 2.62 bits per heavy atom. The van der Waals surface area contributed by atoms with Crippen molar-refractivity contribution in [2.45, 2.75) is 6.04 Å². The summed E-state index contributed by atoms with van der Waals surface area (Å²) in [5.74, 6) is -0.319. The monoisotopic (exact) mass is 220 g/mol. The number of rotatable bonds is 2. The lowest BCUT2D eigenvalue weighted by Crippen LogP contribution is -2.38. The van der Waals surface area contributed by atoms with Crippen molar-refractivity contribution < 1.29 is 9.13 Å². The van der Waals surface area contributed by atoms with Gasteiger partial charge in [-0.3, -0.25) is 4.90 Å². The maximum atomic E-state index is 13.6. The first-order valence-electron chi connectivity index (χ1n) is 5.29. The number of hydrogen-bond donors (Lipinski definition) is 0. The van der Waals surface area contributed by atoms with Gasteiger partial charge in [-0.1, -0.05) is 18.2 Å². The van der Waals surface area contributed by atoms with Crippen LogP contribution in [0, 0.1) is 17.1 Å². The minimum Gasteiger partial charge on any atom is -0.379 e. The normalized spacial score (nSPS) is 19.0. The van der Waals surface area contributed by atoms with E-state index in [0.717, 1.165) is 0 Å². The second-order valence-corrected chi connectivity index (χ2v) is 3.70. The highest BCUT2D eigenvalue weighted by Gasteiger charge is 2.24. The molecule has 1 aliphatic heterocycles. The topological polar surface area (TPSA) is 36.3 Å². The molecular formula is C12H13FN2O. The van der Waals surface area contributed by atoms with Crippen LogP contribution in [-0.4, -0.2) is 31.2 Å². The molecule has 2 rings (SSSR count). The van der Waals surface area contributed by atoms with Gasteiger partial charge >= 0.3 is 0 Å². The molecule has 0 radical (unpaired) electrons. The van der Waals surface area contributed by atoms with Crippen LogP contribution in [0.1, 0.15) is 11.6 Å². The molecule has 1 heterocycles. The summed E-state index contributed by atoms with van der Waals surface area (Å²) in [4.78, 5) is 1.95. The van der Waals surface area contributed by atoms with E-state index in [9.17, 15) is 4.39 Å². The number of ether oxygens (including phenoxy) is 1. The maximum absolute atomic E-state index is 13.6. The zero-order valence-electron chi connectivity index (χ0n) is 8.90. The van der Waals surface area contributed by atoms with Gasteiger partial charge in [-0.2, -0.15) is 5.26 Å². The Balaban J connectivity index is 2.22. The first-order chi connectivity index (χ1) is 7.83. The van der Waals surface area contributed by atoms with Crippen molar-refractivity contribution in [2.75, 3.05) is 26.3 Å². The fourth-order valence-corrected chi connectivity index (χ4v) is 1.88. The quantitative estimate of drug-likeness (QED) is 0.761. The Morgan fingerprint density at radius 2 is 2.00 bits per heavy atom. The van der Waals surface area contributed by atoms with Gasteiger partial charge in [0, 0.05) is 18.7 Å². The largest absolute Gasteiger partial charge is 0.379 e. The van der Waals surface area contributed by atoms with Crippen molar-refractivity contribution in [3.8, 4) is 6.07 Å². The van der Waals surface area contributed by atoms with E-state index in [1.807, 2.05) is 4.90 Å². The summed E-state index contributed by atoms with van der Waals surface area (Å²) < 4.78 is 18.8. The number of nitriles is 1. The number of halogens is 1. The first-order valence-corrected chi connectivity index (χ1v) is 5.29. The smallest absolute Gasteiger partial charge is 0.129 e. The SMILES string of the molecule is N#CC(c1ccccc1F)N1CCOCC1. The van der Waals surface area contributed by atoms with Crippen molar-refractivity contribution in [1.29, 1.82) is 5.26 Å². The van der Waals surface area contributed by atoms with Gasteiger partial charge in [0.2, 0.25) is 0 Å². The van der Waals surface area contributed by atoms with Gasteiger partial charge in [0.15, 0.2) is 0 Å². The van der Waals surface area contributed by atoms with Crippen LogP contribution in [-0.2, 0) is 4.74 Å². The van der Waals surface area contributed by atoms with Crippen molar-refractivity contribution >= 4 is 0 Å². The predicted molar refractivity (Wildman–Crippen MR) is 57.1 cm³/mol. The Kier molecular flexibility index (Phi) is 3.50. The maximum Gasteiger partial charge on any atom is 0.129 e. The second kappa shape index (κ2) is 5.06. The van der Waals surface area contributed by atoms with Crippen molar-refractivity contribution in [3.05, 3.63) is 35.6 Å². The Hall–Kier alpha value is -1.44. The van der Waals surface area contributed by atoms with E-state index in [0.29, 0.717) is 31.9 Å². The van der Waals surface area contributed by atoms with Gasteiger partial charge in [0.1, 0.15) is 11.9 Å². The van der Waals surface area contributed by atoms with E-state index >= 15 is 0 Å². The number of nitrogens with zero attached hydrogens (tertiary/aromatic N) is 2. The summed E-state index contributed by atoms with van der Waals surface area (Å²) in [6, 6.07) is 8.09. The molecule has 84 valence electrons. The average Bonchev–Trinajstić information content (AvgIpc) is 2.34. The van der Waals surface area contributed by atoms with Gasteiger partial charge < -0.3 is 4.74 Å². The molecule has 0 amide bonds. The summed E-state index contributed by atoms with van der Waals surface area (Å²) in [7, 11) is 0. The molecule has 1 saturated heterocycles. The molecule has 16 heavy (non-hydrogen) atoms. The van der Waals surface area contributed by atoms with Crippen LogP contribution >= 0.6 is 0 Å². The van der Waals surface area contributed by atoms with E-state index in [4.69, 9.17) is 10.00 Å². The Bertz CT molecular complexity index is 396. The van der Waals surface area contributed by atoms with Crippen LogP contribution in [0.25, 0.3) is 0 Å². The third-order valence-corrected chi connectivity index (χ3v) is 2.73. The molecule has 1 aliphatic rings. The molecule has 1 unspecified atom stereocenters. The fraction of sp³-hybridized carbons (Fsp3) is 0.417. The molecule has 0 aromatic heterocycles. The van der Waals surface area contributed by atoms with Crippen LogP contribution in [0.15, 0.2) is 24.3 Å². The summed E-state index contributed by atoms with van der Waals surface area (Å²) in [5, 5.41) is 9.16.